The number of hydrogen-bond acceptors (Lipinski definition) is 4. The molecule has 5 nitrogen and oxygen atoms in total. The zero-order valence-electron chi connectivity index (χ0n) is 16.1. The summed E-state index contributed by atoms with van der Waals surface area (Å²) in [6.07, 6.45) is 1.72. The molecule has 1 amide bonds. The Balaban J connectivity index is 1.78. The van der Waals surface area contributed by atoms with Crippen molar-refractivity contribution in [2.45, 2.75) is 26.2 Å². The molecule has 0 unspecified atom stereocenters. The molecule has 0 saturated carbocycles. The van der Waals surface area contributed by atoms with E-state index in [9.17, 15) is 4.79 Å². The van der Waals surface area contributed by atoms with E-state index in [0.717, 1.165) is 43.2 Å². The van der Waals surface area contributed by atoms with E-state index >= 15 is 0 Å². The minimum Gasteiger partial charge on any atom is -0.354 e. The van der Waals surface area contributed by atoms with Gasteiger partial charge in [-0.2, -0.15) is 0 Å². The number of nitrogens with one attached hydrogen (secondary N) is 1. The summed E-state index contributed by atoms with van der Waals surface area (Å²) >= 11 is 0. The van der Waals surface area contributed by atoms with Crippen molar-refractivity contribution in [3.8, 4) is 0 Å². The molecule has 1 N–H and O–H groups in total. The van der Waals surface area contributed by atoms with E-state index in [4.69, 9.17) is 0 Å². The number of hydrogen-bond donors (Lipinski definition) is 1. The topological polar surface area (TPSA) is 48.5 Å². The van der Waals surface area contributed by atoms with E-state index in [1.54, 1.807) is 12.3 Å². The molecule has 0 radical (unpaired) electrons. The first-order valence-corrected chi connectivity index (χ1v) is 9.15. The summed E-state index contributed by atoms with van der Waals surface area (Å²) in [7, 11) is 2.13. The van der Waals surface area contributed by atoms with E-state index < -0.39 is 0 Å². The van der Waals surface area contributed by atoms with E-state index in [1.807, 2.05) is 24.3 Å². The zero-order valence-corrected chi connectivity index (χ0v) is 16.1. The van der Waals surface area contributed by atoms with Gasteiger partial charge in [0.05, 0.1) is 0 Å². The third-order valence-corrected chi connectivity index (χ3v) is 4.82. The van der Waals surface area contributed by atoms with Crippen LogP contribution in [0, 0.1) is 0 Å². The second kappa shape index (κ2) is 7.46. The summed E-state index contributed by atoms with van der Waals surface area (Å²) in [5.41, 5.74) is 2.59. The summed E-state index contributed by atoms with van der Waals surface area (Å²) in [4.78, 5) is 21.8. The monoisotopic (exact) mass is 352 g/mol. The van der Waals surface area contributed by atoms with Gasteiger partial charge in [0, 0.05) is 43.6 Å². The molecule has 1 aliphatic heterocycles. The number of nitrogens with zero attached hydrogens (tertiary/aromatic N) is 3. The van der Waals surface area contributed by atoms with Crippen LogP contribution in [0.4, 0.5) is 11.5 Å². The number of rotatable bonds is 3. The molecule has 2 heterocycles. The van der Waals surface area contributed by atoms with Crippen LogP contribution in [0.15, 0.2) is 42.6 Å². The minimum atomic E-state index is -0.0977. The summed E-state index contributed by atoms with van der Waals surface area (Å²) in [6.45, 7) is 10.3. The van der Waals surface area contributed by atoms with Crippen LogP contribution in [0.25, 0.3) is 0 Å². The number of piperazine rings is 1. The van der Waals surface area contributed by atoms with Gasteiger partial charge in [-0.05, 0) is 36.2 Å². The number of carbonyl (C=O) groups is 1. The number of likely N-dealkylation sites (N-methyl/N-ethyl adjacent to an activating group) is 1. The van der Waals surface area contributed by atoms with Crippen LogP contribution in [0.3, 0.4) is 0 Å². The lowest BCUT2D eigenvalue weighted by molar-refractivity contribution is 0.102. The summed E-state index contributed by atoms with van der Waals surface area (Å²) in [6, 6.07) is 11.6. The Hall–Kier alpha value is -2.40. The average Bonchev–Trinajstić information content (AvgIpc) is 2.62. The molecule has 2 aromatic rings. The molecule has 0 spiro atoms. The number of carbonyl (C=O) groups excluding carboxylic acids is 1. The van der Waals surface area contributed by atoms with Crippen LogP contribution in [0.5, 0.6) is 0 Å². The van der Waals surface area contributed by atoms with Gasteiger partial charge in [-0.25, -0.2) is 4.98 Å². The maximum absolute atomic E-state index is 12.8. The van der Waals surface area contributed by atoms with Gasteiger partial charge in [0.15, 0.2) is 0 Å². The van der Waals surface area contributed by atoms with Crippen molar-refractivity contribution in [2.24, 2.45) is 0 Å². The Morgan fingerprint density at radius 3 is 2.46 bits per heavy atom. The molecule has 0 bridgehead atoms. The largest absolute Gasteiger partial charge is 0.354 e. The Bertz CT molecular complexity index is 774. The van der Waals surface area contributed by atoms with Crippen molar-refractivity contribution in [3.63, 3.8) is 0 Å². The van der Waals surface area contributed by atoms with Gasteiger partial charge >= 0.3 is 0 Å². The smallest absolute Gasteiger partial charge is 0.255 e. The molecule has 3 rings (SSSR count). The molecule has 26 heavy (non-hydrogen) atoms. The number of anilines is 2. The van der Waals surface area contributed by atoms with Crippen molar-refractivity contribution in [3.05, 3.63) is 53.7 Å². The molecule has 1 aromatic carbocycles. The quantitative estimate of drug-likeness (QED) is 0.920. The Morgan fingerprint density at radius 1 is 1.08 bits per heavy atom. The predicted molar refractivity (Wildman–Crippen MR) is 107 cm³/mol. The second-order valence-electron chi connectivity index (χ2n) is 7.94. The van der Waals surface area contributed by atoms with E-state index in [1.165, 1.54) is 0 Å². The first-order valence-electron chi connectivity index (χ1n) is 9.15. The zero-order chi connectivity index (χ0) is 18.7. The molecule has 0 atom stereocenters. The maximum atomic E-state index is 12.8. The lowest BCUT2D eigenvalue weighted by atomic mass is 9.86. The van der Waals surface area contributed by atoms with Gasteiger partial charge in [-0.3, -0.25) is 4.79 Å². The number of benzene rings is 1. The van der Waals surface area contributed by atoms with Crippen molar-refractivity contribution >= 4 is 17.4 Å². The fourth-order valence-corrected chi connectivity index (χ4v) is 3.21. The van der Waals surface area contributed by atoms with Crippen LogP contribution in [0.2, 0.25) is 0 Å². The second-order valence-corrected chi connectivity index (χ2v) is 7.94. The Kier molecular flexibility index (Phi) is 5.28. The fourth-order valence-electron chi connectivity index (χ4n) is 3.21. The first-order chi connectivity index (χ1) is 12.3. The standard InChI is InChI=1S/C21H28N4O/c1-21(2,3)17-7-5-6-8-18(17)23-20(26)16-9-10-22-19(15-16)25-13-11-24(4)12-14-25/h5-10,15H,11-14H2,1-4H3,(H,23,26). The molecular weight excluding hydrogens is 324 g/mol. The van der Waals surface area contributed by atoms with Gasteiger partial charge in [0.1, 0.15) is 5.82 Å². The maximum Gasteiger partial charge on any atom is 0.255 e. The number of aromatic nitrogens is 1. The highest BCUT2D eigenvalue weighted by Crippen LogP contribution is 2.29. The summed E-state index contributed by atoms with van der Waals surface area (Å²) < 4.78 is 0. The predicted octanol–water partition coefficient (Wildman–Crippen LogP) is 3.38. The molecule has 5 heteroatoms. The van der Waals surface area contributed by atoms with Gasteiger partial charge in [-0.1, -0.05) is 39.0 Å². The fraction of sp³-hybridized carbons (Fsp3) is 0.429. The first kappa shape index (κ1) is 18.4. The van der Waals surface area contributed by atoms with Gasteiger partial charge in [0.25, 0.3) is 5.91 Å². The third kappa shape index (κ3) is 4.22. The highest BCUT2D eigenvalue weighted by atomic mass is 16.1. The van der Waals surface area contributed by atoms with Crippen molar-refractivity contribution in [1.29, 1.82) is 0 Å². The van der Waals surface area contributed by atoms with E-state index in [0.29, 0.717) is 5.56 Å². The van der Waals surface area contributed by atoms with E-state index in [-0.39, 0.29) is 11.3 Å². The van der Waals surface area contributed by atoms with Crippen LogP contribution in [0.1, 0.15) is 36.7 Å². The molecule has 1 fully saturated rings. The van der Waals surface area contributed by atoms with Crippen molar-refractivity contribution < 1.29 is 4.79 Å². The van der Waals surface area contributed by atoms with Gasteiger partial charge < -0.3 is 15.1 Å². The Morgan fingerprint density at radius 2 is 1.77 bits per heavy atom. The van der Waals surface area contributed by atoms with Crippen LogP contribution in [-0.4, -0.2) is 49.0 Å². The third-order valence-electron chi connectivity index (χ3n) is 4.82. The lowest BCUT2D eigenvalue weighted by Gasteiger charge is -2.33. The molecule has 1 saturated heterocycles. The molecular formula is C21H28N4O. The summed E-state index contributed by atoms with van der Waals surface area (Å²) in [5, 5.41) is 3.08. The van der Waals surface area contributed by atoms with Crippen LogP contribution >= 0.6 is 0 Å². The highest BCUT2D eigenvalue weighted by molar-refractivity contribution is 6.05. The average molecular weight is 352 g/mol. The summed E-state index contributed by atoms with van der Waals surface area (Å²) in [5.74, 6) is 0.773. The highest BCUT2D eigenvalue weighted by Gasteiger charge is 2.20. The van der Waals surface area contributed by atoms with E-state index in [2.05, 4.69) is 54.0 Å². The Labute approximate surface area is 156 Å². The van der Waals surface area contributed by atoms with Crippen LogP contribution in [-0.2, 0) is 5.41 Å². The molecule has 1 aliphatic rings. The molecule has 138 valence electrons. The lowest BCUT2D eigenvalue weighted by Crippen LogP contribution is -2.44. The molecule has 1 aromatic heterocycles. The van der Waals surface area contributed by atoms with Gasteiger partial charge in [-0.15, -0.1) is 0 Å². The SMILES string of the molecule is CN1CCN(c2cc(C(=O)Nc3ccccc3C(C)(C)C)ccn2)CC1. The molecule has 0 aliphatic carbocycles. The normalized spacial score (nSPS) is 15.8. The number of amides is 1. The van der Waals surface area contributed by atoms with Crippen molar-refractivity contribution in [2.75, 3.05) is 43.4 Å². The van der Waals surface area contributed by atoms with Crippen LogP contribution < -0.4 is 10.2 Å². The number of pyridine rings is 1. The minimum absolute atomic E-state index is 0.0346. The van der Waals surface area contributed by atoms with Crippen molar-refractivity contribution in [1.82, 2.24) is 9.88 Å². The number of para-hydroxylation sites is 1. The van der Waals surface area contributed by atoms with Gasteiger partial charge in [0.2, 0.25) is 0 Å².